The molecule has 0 amide bonds. The number of hydrogen-bond acceptors (Lipinski definition) is 3. The fourth-order valence-electron chi connectivity index (χ4n) is 1.13. The SMILES string of the molecule is [2H]C([2H])([2H])C1=NS(=O)(=O)c2cc(Cl)ccc2N1. The maximum absolute atomic E-state index is 11.7. The average Bonchev–Trinajstić information content (AvgIpc) is 2.16. The number of benzene rings is 1. The van der Waals surface area contributed by atoms with Crippen molar-refractivity contribution in [1.82, 2.24) is 0 Å². The summed E-state index contributed by atoms with van der Waals surface area (Å²) in [4.78, 5) is -0.127. The van der Waals surface area contributed by atoms with Gasteiger partial charge in [0.05, 0.1) is 5.69 Å². The number of amidine groups is 1. The first-order chi connectivity index (χ1) is 7.70. The molecule has 1 aliphatic rings. The van der Waals surface area contributed by atoms with E-state index in [1.165, 1.54) is 18.2 Å². The van der Waals surface area contributed by atoms with Crippen LogP contribution in [0, 0.1) is 0 Å². The van der Waals surface area contributed by atoms with E-state index in [0.717, 1.165) is 0 Å². The lowest BCUT2D eigenvalue weighted by molar-refractivity contribution is 0.598. The third-order valence-corrected chi connectivity index (χ3v) is 3.24. The van der Waals surface area contributed by atoms with E-state index in [0.29, 0.717) is 0 Å². The summed E-state index contributed by atoms with van der Waals surface area (Å²) in [5, 5.41) is 2.71. The summed E-state index contributed by atoms with van der Waals surface area (Å²) in [5.41, 5.74) is 0.163. The Morgan fingerprint density at radius 3 is 3.07 bits per heavy atom. The molecule has 14 heavy (non-hydrogen) atoms. The third-order valence-electron chi connectivity index (χ3n) is 1.69. The lowest BCUT2D eigenvalue weighted by Crippen LogP contribution is -2.18. The number of anilines is 1. The second-order valence-corrected chi connectivity index (χ2v) is 4.69. The van der Waals surface area contributed by atoms with E-state index >= 15 is 0 Å². The quantitative estimate of drug-likeness (QED) is 0.744. The highest BCUT2D eigenvalue weighted by Gasteiger charge is 2.23. The van der Waals surface area contributed by atoms with Crippen LogP contribution in [0.2, 0.25) is 5.02 Å². The van der Waals surface area contributed by atoms with Gasteiger partial charge in [-0.1, -0.05) is 11.6 Å². The number of rotatable bonds is 0. The summed E-state index contributed by atoms with van der Waals surface area (Å²) < 4.78 is 48.1. The Morgan fingerprint density at radius 2 is 2.36 bits per heavy atom. The third kappa shape index (κ3) is 1.49. The second kappa shape index (κ2) is 2.96. The van der Waals surface area contributed by atoms with Gasteiger partial charge >= 0.3 is 0 Å². The minimum atomic E-state index is -4.02. The zero-order chi connectivity index (χ0) is 12.8. The first-order valence-electron chi connectivity index (χ1n) is 5.12. The summed E-state index contributed by atoms with van der Waals surface area (Å²) >= 11 is 5.68. The van der Waals surface area contributed by atoms with Crippen LogP contribution in [-0.4, -0.2) is 14.3 Å². The first kappa shape index (κ1) is 6.42. The summed E-state index contributed by atoms with van der Waals surface area (Å²) in [6.07, 6.45) is 0. The van der Waals surface area contributed by atoms with E-state index in [2.05, 4.69) is 9.71 Å². The molecule has 1 N–H and O–H groups in total. The van der Waals surface area contributed by atoms with E-state index < -0.39 is 22.7 Å². The van der Waals surface area contributed by atoms with Crippen LogP contribution in [0.3, 0.4) is 0 Å². The van der Waals surface area contributed by atoms with Gasteiger partial charge < -0.3 is 5.32 Å². The van der Waals surface area contributed by atoms with Crippen molar-refractivity contribution in [3.63, 3.8) is 0 Å². The summed E-state index contributed by atoms with van der Waals surface area (Å²) in [6.45, 7) is -2.61. The van der Waals surface area contributed by atoms with Crippen LogP contribution in [0.15, 0.2) is 27.5 Å². The van der Waals surface area contributed by atoms with Crippen molar-refractivity contribution in [2.75, 3.05) is 5.32 Å². The molecule has 0 unspecified atom stereocenters. The molecule has 0 radical (unpaired) electrons. The predicted molar refractivity (Wildman–Crippen MR) is 55.4 cm³/mol. The Kier molecular flexibility index (Phi) is 1.36. The Labute approximate surface area is 90.9 Å². The van der Waals surface area contributed by atoms with Crippen molar-refractivity contribution in [1.29, 1.82) is 0 Å². The molecular formula is C8H7ClN2O2S. The van der Waals surface area contributed by atoms with Gasteiger partial charge in [-0.15, -0.1) is 4.40 Å². The van der Waals surface area contributed by atoms with Gasteiger partial charge in [0.25, 0.3) is 10.0 Å². The maximum Gasteiger partial charge on any atom is 0.286 e. The fourth-order valence-corrected chi connectivity index (χ4v) is 2.43. The van der Waals surface area contributed by atoms with Crippen molar-refractivity contribution in [3.05, 3.63) is 23.2 Å². The van der Waals surface area contributed by atoms with E-state index in [1.807, 2.05) is 0 Å². The Bertz CT molecular complexity index is 610. The fraction of sp³-hybridized carbons (Fsp3) is 0.125. The molecule has 2 rings (SSSR count). The van der Waals surface area contributed by atoms with E-state index in [1.54, 1.807) is 0 Å². The van der Waals surface area contributed by atoms with E-state index in [4.69, 9.17) is 15.7 Å². The van der Waals surface area contributed by atoms with Crippen LogP contribution in [0.25, 0.3) is 0 Å². The lowest BCUT2D eigenvalue weighted by Gasteiger charge is -2.15. The Morgan fingerprint density at radius 1 is 1.57 bits per heavy atom. The van der Waals surface area contributed by atoms with Gasteiger partial charge in [0.2, 0.25) is 0 Å². The monoisotopic (exact) mass is 233 g/mol. The lowest BCUT2D eigenvalue weighted by atomic mass is 10.3. The average molecular weight is 234 g/mol. The number of nitrogens with one attached hydrogen (secondary N) is 1. The topological polar surface area (TPSA) is 58.5 Å². The minimum Gasteiger partial charge on any atom is -0.342 e. The molecule has 1 heterocycles. The van der Waals surface area contributed by atoms with Crippen molar-refractivity contribution >= 4 is 33.1 Å². The van der Waals surface area contributed by atoms with Gasteiger partial charge in [0.15, 0.2) is 0 Å². The molecule has 6 heteroatoms. The molecule has 1 aromatic rings. The molecule has 4 nitrogen and oxygen atoms in total. The molecule has 1 aromatic carbocycles. The molecule has 0 aromatic heterocycles. The van der Waals surface area contributed by atoms with Gasteiger partial charge in [0.1, 0.15) is 10.7 Å². The standard InChI is InChI=1S/C8H7ClN2O2S/c1-5-10-7-3-2-6(9)4-8(7)14(12,13)11-5/h2-4H,1H3,(H,10,11)/i1D3. The number of halogens is 1. The number of fused-ring (bicyclic) bond motifs is 1. The van der Waals surface area contributed by atoms with Crippen molar-refractivity contribution in [2.45, 2.75) is 11.7 Å². The molecule has 1 aliphatic heterocycles. The minimum absolute atomic E-state index is 0.127. The van der Waals surface area contributed by atoms with Crippen LogP contribution in [0.5, 0.6) is 0 Å². The molecule has 0 fully saturated rings. The predicted octanol–water partition coefficient (Wildman–Crippen LogP) is 1.87. The highest BCUT2D eigenvalue weighted by atomic mass is 35.5. The second-order valence-electron chi connectivity index (χ2n) is 2.68. The molecule has 0 aliphatic carbocycles. The molecule has 0 atom stereocenters. The van der Waals surface area contributed by atoms with Gasteiger partial charge in [-0.25, -0.2) is 0 Å². The molecule has 0 saturated heterocycles. The van der Waals surface area contributed by atoms with Gasteiger partial charge in [-0.2, -0.15) is 8.42 Å². The summed E-state index contributed by atoms with van der Waals surface area (Å²) in [7, 11) is -4.02. The van der Waals surface area contributed by atoms with Crippen molar-refractivity contribution in [2.24, 2.45) is 4.40 Å². The van der Waals surface area contributed by atoms with Gasteiger partial charge in [-0.05, 0) is 25.1 Å². The molecule has 74 valence electrons. The van der Waals surface area contributed by atoms with Crippen LogP contribution < -0.4 is 5.32 Å². The van der Waals surface area contributed by atoms with E-state index in [9.17, 15) is 8.42 Å². The van der Waals surface area contributed by atoms with Crippen molar-refractivity contribution in [3.8, 4) is 0 Å². The molecule has 0 spiro atoms. The normalized spacial score (nSPS) is 22.1. The van der Waals surface area contributed by atoms with Crippen LogP contribution in [0.1, 0.15) is 11.0 Å². The zero-order valence-corrected chi connectivity index (χ0v) is 8.35. The van der Waals surface area contributed by atoms with Gasteiger partial charge in [-0.3, -0.25) is 0 Å². The smallest absolute Gasteiger partial charge is 0.286 e. The number of sulfonamides is 1. The molecule has 0 saturated carbocycles. The van der Waals surface area contributed by atoms with Crippen LogP contribution in [-0.2, 0) is 10.0 Å². The van der Waals surface area contributed by atoms with Crippen molar-refractivity contribution < 1.29 is 12.5 Å². The molecule has 0 bridgehead atoms. The highest BCUT2D eigenvalue weighted by molar-refractivity contribution is 7.90. The summed E-state index contributed by atoms with van der Waals surface area (Å²) in [5.74, 6) is -0.563. The Balaban J connectivity index is 2.63. The van der Waals surface area contributed by atoms with Crippen LogP contribution >= 0.6 is 11.6 Å². The largest absolute Gasteiger partial charge is 0.342 e. The maximum atomic E-state index is 11.7. The first-order valence-corrected chi connectivity index (χ1v) is 5.44. The number of nitrogens with zero attached hydrogens (tertiary/aromatic N) is 1. The number of hydrogen-bond donors (Lipinski definition) is 1. The molecular weight excluding hydrogens is 224 g/mol. The zero-order valence-electron chi connectivity index (χ0n) is 9.78. The Hall–Kier alpha value is -1.07. The van der Waals surface area contributed by atoms with Crippen LogP contribution in [0.4, 0.5) is 5.69 Å². The van der Waals surface area contributed by atoms with Gasteiger partial charge in [0, 0.05) is 9.13 Å². The van der Waals surface area contributed by atoms with E-state index in [-0.39, 0.29) is 15.6 Å². The summed E-state index contributed by atoms with van der Waals surface area (Å²) in [6, 6.07) is 4.08. The highest BCUT2D eigenvalue weighted by Crippen LogP contribution is 2.29.